The number of carboxylic acids is 1. The number of piperidine rings is 1. The number of ether oxygens (including phenoxy) is 1. The monoisotopic (exact) mass is 284 g/mol. The number of likely N-dealkylation sites (tertiary alicyclic amines) is 2. The number of aliphatic carboxylic acids is 1. The molecule has 114 valence electrons. The van der Waals surface area contributed by atoms with Crippen LogP contribution in [0.2, 0.25) is 0 Å². The van der Waals surface area contributed by atoms with E-state index in [0.29, 0.717) is 39.0 Å². The lowest BCUT2D eigenvalue weighted by molar-refractivity contribution is -0.152. The molecule has 0 spiro atoms. The second-order valence-corrected chi connectivity index (χ2v) is 5.84. The van der Waals surface area contributed by atoms with E-state index in [1.807, 2.05) is 6.92 Å². The lowest BCUT2D eigenvalue weighted by Gasteiger charge is -2.40. The average Bonchev–Trinajstić information content (AvgIpc) is 2.95. The second-order valence-electron chi connectivity index (χ2n) is 5.84. The first-order chi connectivity index (χ1) is 9.52. The Morgan fingerprint density at radius 1 is 1.35 bits per heavy atom. The summed E-state index contributed by atoms with van der Waals surface area (Å²) in [6, 6.07) is -0.0386. The van der Waals surface area contributed by atoms with Crippen LogP contribution in [0.15, 0.2) is 0 Å². The van der Waals surface area contributed by atoms with E-state index in [9.17, 15) is 14.7 Å². The minimum Gasteiger partial charge on any atom is -0.481 e. The number of nitrogens with zero attached hydrogens (tertiary/aromatic N) is 2. The molecule has 0 aliphatic carbocycles. The molecule has 2 rings (SSSR count). The molecular weight excluding hydrogens is 260 g/mol. The largest absolute Gasteiger partial charge is 0.481 e. The van der Waals surface area contributed by atoms with E-state index in [1.165, 1.54) is 0 Å². The number of urea groups is 1. The van der Waals surface area contributed by atoms with Crippen molar-refractivity contribution in [2.45, 2.75) is 38.7 Å². The lowest BCUT2D eigenvalue weighted by atomic mass is 9.78. The quantitative estimate of drug-likeness (QED) is 0.850. The Morgan fingerprint density at radius 3 is 2.65 bits per heavy atom. The molecule has 1 N–H and O–H groups in total. The molecule has 0 aromatic heterocycles. The van der Waals surface area contributed by atoms with Crippen LogP contribution >= 0.6 is 0 Å². The summed E-state index contributed by atoms with van der Waals surface area (Å²) in [6.45, 7) is 4.17. The van der Waals surface area contributed by atoms with Crippen LogP contribution in [0.3, 0.4) is 0 Å². The summed E-state index contributed by atoms with van der Waals surface area (Å²) in [5.41, 5.74) is -0.770. The first-order valence-electron chi connectivity index (χ1n) is 7.32. The van der Waals surface area contributed by atoms with Gasteiger partial charge in [-0.25, -0.2) is 4.79 Å². The first-order valence-corrected chi connectivity index (χ1v) is 7.32. The summed E-state index contributed by atoms with van der Waals surface area (Å²) in [6.07, 6.45) is 2.94. The maximum atomic E-state index is 12.5. The molecule has 20 heavy (non-hydrogen) atoms. The molecule has 2 amide bonds. The lowest BCUT2D eigenvalue weighted by Crippen LogP contribution is -2.53. The zero-order valence-corrected chi connectivity index (χ0v) is 12.3. The van der Waals surface area contributed by atoms with Crippen molar-refractivity contribution < 1.29 is 19.4 Å². The van der Waals surface area contributed by atoms with Gasteiger partial charge in [-0.1, -0.05) is 6.92 Å². The minimum absolute atomic E-state index is 0.0386. The van der Waals surface area contributed by atoms with Gasteiger partial charge in [0.1, 0.15) is 0 Å². The third-order valence-corrected chi connectivity index (χ3v) is 4.73. The summed E-state index contributed by atoms with van der Waals surface area (Å²) < 4.78 is 5.27. The molecule has 2 aliphatic heterocycles. The van der Waals surface area contributed by atoms with Crippen LogP contribution in [-0.4, -0.2) is 66.3 Å². The van der Waals surface area contributed by atoms with E-state index in [4.69, 9.17) is 4.74 Å². The van der Waals surface area contributed by atoms with Crippen molar-refractivity contribution in [1.82, 2.24) is 9.80 Å². The van der Waals surface area contributed by atoms with Crippen LogP contribution in [0.25, 0.3) is 0 Å². The highest BCUT2D eigenvalue weighted by Gasteiger charge is 2.43. The van der Waals surface area contributed by atoms with Gasteiger partial charge in [-0.2, -0.15) is 0 Å². The highest BCUT2D eigenvalue weighted by Crippen LogP contribution is 2.34. The van der Waals surface area contributed by atoms with Crippen molar-refractivity contribution in [3.8, 4) is 0 Å². The number of methoxy groups -OCH3 is 1. The zero-order valence-electron chi connectivity index (χ0n) is 12.3. The minimum atomic E-state index is -0.784. The van der Waals surface area contributed by atoms with Gasteiger partial charge in [-0.05, 0) is 25.7 Å². The molecule has 0 saturated carbocycles. The summed E-state index contributed by atoms with van der Waals surface area (Å²) in [5, 5.41) is 9.46. The molecule has 2 heterocycles. The van der Waals surface area contributed by atoms with Gasteiger partial charge >= 0.3 is 12.0 Å². The molecule has 2 atom stereocenters. The zero-order chi connectivity index (χ0) is 14.8. The smallest absolute Gasteiger partial charge is 0.320 e. The van der Waals surface area contributed by atoms with Crippen LogP contribution in [0.4, 0.5) is 4.79 Å². The Balaban J connectivity index is 2.02. The summed E-state index contributed by atoms with van der Waals surface area (Å²) in [5.74, 6) is -0.784. The van der Waals surface area contributed by atoms with Gasteiger partial charge < -0.3 is 19.6 Å². The van der Waals surface area contributed by atoms with Gasteiger partial charge in [0, 0.05) is 33.3 Å². The third-order valence-electron chi connectivity index (χ3n) is 4.73. The van der Waals surface area contributed by atoms with Crippen molar-refractivity contribution in [1.29, 1.82) is 0 Å². The fourth-order valence-electron chi connectivity index (χ4n) is 3.20. The van der Waals surface area contributed by atoms with E-state index in [-0.39, 0.29) is 12.1 Å². The summed E-state index contributed by atoms with van der Waals surface area (Å²) >= 11 is 0. The highest BCUT2D eigenvalue weighted by atomic mass is 16.5. The predicted molar refractivity (Wildman–Crippen MR) is 73.5 cm³/mol. The van der Waals surface area contributed by atoms with Crippen molar-refractivity contribution in [3.63, 3.8) is 0 Å². The molecule has 2 saturated heterocycles. The topological polar surface area (TPSA) is 70.1 Å². The van der Waals surface area contributed by atoms with E-state index in [2.05, 4.69) is 0 Å². The van der Waals surface area contributed by atoms with Crippen LogP contribution in [-0.2, 0) is 9.53 Å². The van der Waals surface area contributed by atoms with Crippen molar-refractivity contribution >= 4 is 12.0 Å². The van der Waals surface area contributed by atoms with E-state index in [1.54, 1.807) is 16.9 Å². The number of hydrogen-bond donors (Lipinski definition) is 1. The number of carbonyl (C=O) groups excluding carboxylic acids is 1. The Morgan fingerprint density at radius 2 is 2.10 bits per heavy atom. The van der Waals surface area contributed by atoms with Crippen LogP contribution in [0.5, 0.6) is 0 Å². The Bertz CT molecular complexity index is 387. The summed E-state index contributed by atoms with van der Waals surface area (Å²) in [4.78, 5) is 27.5. The van der Waals surface area contributed by atoms with Crippen LogP contribution in [0.1, 0.15) is 32.6 Å². The SMILES string of the molecule is CCC1(C(=O)O)CCCN(C(=O)N2CCC(OC)C2)C1. The number of carboxylic acid groups (broad SMARTS) is 1. The maximum Gasteiger partial charge on any atom is 0.320 e. The van der Waals surface area contributed by atoms with Crippen molar-refractivity contribution in [2.24, 2.45) is 5.41 Å². The maximum absolute atomic E-state index is 12.5. The van der Waals surface area contributed by atoms with Crippen LogP contribution in [0, 0.1) is 5.41 Å². The molecule has 0 bridgehead atoms. The van der Waals surface area contributed by atoms with Gasteiger partial charge in [0.15, 0.2) is 0 Å². The van der Waals surface area contributed by atoms with Crippen molar-refractivity contribution in [2.75, 3.05) is 33.3 Å². The molecule has 2 fully saturated rings. The molecule has 6 nitrogen and oxygen atoms in total. The highest BCUT2D eigenvalue weighted by molar-refractivity contribution is 5.79. The van der Waals surface area contributed by atoms with E-state index in [0.717, 1.165) is 12.8 Å². The number of rotatable bonds is 3. The molecule has 0 radical (unpaired) electrons. The van der Waals surface area contributed by atoms with Crippen LogP contribution < -0.4 is 0 Å². The van der Waals surface area contributed by atoms with Crippen molar-refractivity contribution in [3.05, 3.63) is 0 Å². The number of carbonyl (C=O) groups is 2. The van der Waals surface area contributed by atoms with E-state index >= 15 is 0 Å². The number of amides is 2. The second kappa shape index (κ2) is 5.99. The Kier molecular flexibility index (Phi) is 4.52. The molecule has 2 unspecified atom stereocenters. The molecule has 0 aromatic rings. The molecule has 2 aliphatic rings. The van der Waals surface area contributed by atoms with Gasteiger partial charge in [0.25, 0.3) is 0 Å². The van der Waals surface area contributed by atoms with E-state index < -0.39 is 11.4 Å². The normalized spacial score (nSPS) is 30.6. The third kappa shape index (κ3) is 2.75. The van der Waals surface area contributed by atoms with Gasteiger partial charge in [0.2, 0.25) is 0 Å². The summed E-state index contributed by atoms with van der Waals surface area (Å²) in [7, 11) is 1.66. The first kappa shape index (κ1) is 15.1. The van der Waals surface area contributed by atoms with Gasteiger partial charge in [-0.15, -0.1) is 0 Å². The Hall–Kier alpha value is -1.30. The average molecular weight is 284 g/mol. The molecule has 0 aromatic carbocycles. The van der Waals surface area contributed by atoms with Gasteiger partial charge in [-0.3, -0.25) is 4.79 Å². The fourth-order valence-corrected chi connectivity index (χ4v) is 3.20. The molecule has 6 heteroatoms. The van der Waals surface area contributed by atoms with Gasteiger partial charge in [0.05, 0.1) is 11.5 Å². The Labute approximate surface area is 119 Å². The number of hydrogen-bond acceptors (Lipinski definition) is 3. The standard InChI is InChI=1S/C14H24N2O4/c1-3-14(12(17)18)6-4-7-16(10-14)13(19)15-8-5-11(9-15)20-2/h11H,3-10H2,1-2H3,(H,17,18). The fraction of sp³-hybridized carbons (Fsp3) is 0.857. The predicted octanol–water partition coefficient (Wildman–Crippen LogP) is 1.40. The molecular formula is C14H24N2O4.